The molecule has 2 unspecified atom stereocenters. The number of hydrogen-bond acceptors (Lipinski definition) is 5. The summed E-state index contributed by atoms with van der Waals surface area (Å²) in [5.74, 6) is 1.90. The zero-order valence-corrected chi connectivity index (χ0v) is 22.4. The number of piperidine rings is 1. The molecule has 1 aliphatic carbocycles. The third-order valence-electron chi connectivity index (χ3n) is 8.70. The molecule has 3 aliphatic rings. The summed E-state index contributed by atoms with van der Waals surface area (Å²) in [7, 11) is 3.35. The minimum absolute atomic E-state index is 0.0159. The molecule has 3 aromatic carbocycles. The first kappa shape index (κ1) is 24.9. The summed E-state index contributed by atoms with van der Waals surface area (Å²) in [6.07, 6.45) is 6.07. The van der Waals surface area contributed by atoms with Crippen molar-refractivity contribution in [2.45, 2.75) is 51.1 Å². The van der Waals surface area contributed by atoms with Gasteiger partial charge in [-0.05, 0) is 54.2 Å². The number of carbonyl (C=O) groups is 1. The van der Waals surface area contributed by atoms with Gasteiger partial charge in [0.05, 0.1) is 26.0 Å². The fourth-order valence-electron chi connectivity index (χ4n) is 6.65. The molecule has 6 heteroatoms. The zero-order chi connectivity index (χ0) is 26.1. The number of carbonyl (C=O) groups excluding carboxylic acids is 1. The average Bonchev–Trinajstić information content (AvgIpc) is 2.98. The number of benzene rings is 3. The highest BCUT2D eigenvalue weighted by molar-refractivity contribution is 6.07. The quantitative estimate of drug-likeness (QED) is 0.415. The lowest BCUT2D eigenvalue weighted by Crippen LogP contribution is -2.52. The Morgan fingerprint density at radius 1 is 0.842 bits per heavy atom. The monoisotopic (exact) mass is 511 g/mol. The molecule has 2 fully saturated rings. The predicted octanol–water partition coefficient (Wildman–Crippen LogP) is 5.87. The Labute approximate surface area is 225 Å². The molecule has 2 atom stereocenters. The largest absolute Gasteiger partial charge is 0.497 e. The van der Waals surface area contributed by atoms with Gasteiger partial charge >= 0.3 is 0 Å². The summed E-state index contributed by atoms with van der Waals surface area (Å²) >= 11 is 0. The first-order valence-corrected chi connectivity index (χ1v) is 14.0. The molecule has 198 valence electrons. The summed E-state index contributed by atoms with van der Waals surface area (Å²) < 4.78 is 11.1. The minimum Gasteiger partial charge on any atom is -0.497 e. The molecule has 2 aliphatic heterocycles. The van der Waals surface area contributed by atoms with Crippen molar-refractivity contribution in [1.29, 1.82) is 0 Å². The number of hydrogen-bond donors (Lipinski definition) is 0. The van der Waals surface area contributed by atoms with Crippen molar-refractivity contribution in [2.75, 3.05) is 27.3 Å². The Balaban J connectivity index is 1.23. The van der Waals surface area contributed by atoms with Gasteiger partial charge in [0.25, 0.3) is 0 Å². The Morgan fingerprint density at radius 2 is 1.53 bits per heavy atom. The second-order valence-corrected chi connectivity index (χ2v) is 10.9. The van der Waals surface area contributed by atoms with Crippen molar-refractivity contribution in [1.82, 2.24) is 9.91 Å². The second-order valence-electron chi connectivity index (χ2n) is 10.9. The molecule has 1 saturated heterocycles. The molecular weight excluding hydrogens is 474 g/mol. The molecule has 0 aromatic heterocycles. The maximum absolute atomic E-state index is 13.8. The smallest absolute Gasteiger partial charge is 0.246 e. The van der Waals surface area contributed by atoms with E-state index in [1.165, 1.54) is 16.3 Å². The lowest BCUT2D eigenvalue weighted by atomic mass is 9.73. The highest BCUT2D eigenvalue weighted by Gasteiger charge is 2.43. The normalized spacial score (nSPS) is 22.7. The Hall–Kier alpha value is -3.38. The number of rotatable bonds is 6. The predicted molar refractivity (Wildman–Crippen MR) is 151 cm³/mol. The van der Waals surface area contributed by atoms with Gasteiger partial charge in [0.15, 0.2) is 0 Å². The van der Waals surface area contributed by atoms with Crippen LogP contribution in [0.5, 0.6) is 11.5 Å². The molecule has 0 bridgehead atoms. The number of ether oxygens (including phenoxy) is 2. The maximum Gasteiger partial charge on any atom is 0.246 e. The molecule has 1 saturated carbocycles. The topological polar surface area (TPSA) is 54.4 Å². The van der Waals surface area contributed by atoms with Gasteiger partial charge in [0.1, 0.15) is 11.5 Å². The Bertz CT molecular complexity index is 1320. The van der Waals surface area contributed by atoms with Crippen LogP contribution >= 0.6 is 0 Å². The molecule has 38 heavy (non-hydrogen) atoms. The van der Waals surface area contributed by atoms with Gasteiger partial charge in [0.2, 0.25) is 5.91 Å². The van der Waals surface area contributed by atoms with E-state index in [1.54, 1.807) is 14.2 Å². The van der Waals surface area contributed by atoms with Crippen LogP contribution < -0.4 is 9.47 Å². The van der Waals surface area contributed by atoms with Crippen LogP contribution in [0.25, 0.3) is 10.8 Å². The fourth-order valence-corrected chi connectivity index (χ4v) is 6.65. The van der Waals surface area contributed by atoms with Gasteiger partial charge in [-0.2, -0.15) is 5.10 Å². The van der Waals surface area contributed by atoms with Crippen LogP contribution in [0.15, 0.2) is 65.8 Å². The van der Waals surface area contributed by atoms with Crippen molar-refractivity contribution < 1.29 is 14.3 Å². The first-order chi connectivity index (χ1) is 18.6. The van der Waals surface area contributed by atoms with E-state index < -0.39 is 0 Å². The van der Waals surface area contributed by atoms with Crippen LogP contribution in [0, 0.1) is 11.8 Å². The number of likely N-dealkylation sites (tertiary alicyclic amines) is 1. The number of hydrazone groups is 1. The standard InChI is InChI=1S/C32H37N3O3/c1-37-26-18-24(19-27(20-26)38-2)31-29-12-5-6-13-30(29)32(36)35(33-31)25-14-16-34(17-15-25)21-23-10-7-9-22-8-3-4-11-28(22)23/h3-4,7-11,18-20,25,29-30H,5-6,12-17,21H2,1-2H3. The van der Waals surface area contributed by atoms with Crippen LogP contribution in [0.4, 0.5) is 0 Å². The molecule has 2 heterocycles. The van der Waals surface area contributed by atoms with Crippen LogP contribution in [0.1, 0.15) is 49.7 Å². The van der Waals surface area contributed by atoms with E-state index in [9.17, 15) is 4.79 Å². The van der Waals surface area contributed by atoms with E-state index >= 15 is 0 Å². The van der Waals surface area contributed by atoms with Crippen molar-refractivity contribution in [2.24, 2.45) is 16.9 Å². The van der Waals surface area contributed by atoms with E-state index in [1.807, 2.05) is 23.2 Å². The van der Waals surface area contributed by atoms with Crippen LogP contribution in [0.3, 0.4) is 0 Å². The molecule has 6 rings (SSSR count). The van der Waals surface area contributed by atoms with Gasteiger partial charge in [-0.1, -0.05) is 55.3 Å². The van der Waals surface area contributed by atoms with E-state index in [0.717, 1.165) is 80.9 Å². The molecule has 0 spiro atoms. The fraction of sp³-hybridized carbons (Fsp3) is 0.438. The van der Waals surface area contributed by atoms with Gasteiger partial charge < -0.3 is 9.47 Å². The molecule has 3 aromatic rings. The number of nitrogens with zero attached hydrogens (tertiary/aromatic N) is 3. The van der Waals surface area contributed by atoms with Gasteiger partial charge in [-0.15, -0.1) is 0 Å². The van der Waals surface area contributed by atoms with E-state index in [-0.39, 0.29) is 23.8 Å². The lowest BCUT2D eigenvalue weighted by molar-refractivity contribution is -0.142. The maximum atomic E-state index is 13.8. The Kier molecular flexibility index (Phi) is 7.07. The molecular formula is C32H37N3O3. The van der Waals surface area contributed by atoms with Gasteiger partial charge in [0, 0.05) is 43.1 Å². The Morgan fingerprint density at radius 3 is 2.26 bits per heavy atom. The van der Waals surface area contributed by atoms with Gasteiger partial charge in [-0.25, -0.2) is 5.01 Å². The van der Waals surface area contributed by atoms with Gasteiger partial charge in [-0.3, -0.25) is 9.69 Å². The highest BCUT2D eigenvalue weighted by atomic mass is 16.5. The van der Waals surface area contributed by atoms with E-state index in [0.29, 0.717) is 0 Å². The van der Waals surface area contributed by atoms with Crippen LogP contribution in [-0.4, -0.2) is 54.9 Å². The van der Waals surface area contributed by atoms with Crippen molar-refractivity contribution >= 4 is 22.4 Å². The van der Waals surface area contributed by atoms with E-state index in [2.05, 4.69) is 47.4 Å². The third kappa shape index (κ3) is 4.78. The molecule has 6 nitrogen and oxygen atoms in total. The van der Waals surface area contributed by atoms with Crippen molar-refractivity contribution in [3.63, 3.8) is 0 Å². The lowest BCUT2D eigenvalue weighted by Gasteiger charge is -2.43. The summed E-state index contributed by atoms with van der Waals surface area (Å²) in [5, 5.41) is 9.59. The van der Waals surface area contributed by atoms with Crippen molar-refractivity contribution in [3.05, 3.63) is 71.8 Å². The second kappa shape index (κ2) is 10.8. The van der Waals surface area contributed by atoms with Crippen molar-refractivity contribution in [3.8, 4) is 11.5 Å². The number of amides is 1. The number of methoxy groups -OCH3 is 2. The summed E-state index contributed by atoms with van der Waals surface area (Å²) in [4.78, 5) is 16.3. The molecule has 0 N–H and O–H groups in total. The number of fused-ring (bicyclic) bond motifs is 2. The highest BCUT2D eigenvalue weighted by Crippen LogP contribution is 2.40. The summed E-state index contributed by atoms with van der Waals surface area (Å²) in [5.41, 5.74) is 3.39. The minimum atomic E-state index is 0.0159. The summed E-state index contributed by atoms with van der Waals surface area (Å²) in [6, 6.07) is 21.3. The molecule has 0 radical (unpaired) electrons. The van der Waals surface area contributed by atoms with Crippen LogP contribution in [-0.2, 0) is 11.3 Å². The average molecular weight is 512 g/mol. The van der Waals surface area contributed by atoms with E-state index in [4.69, 9.17) is 14.6 Å². The third-order valence-corrected chi connectivity index (χ3v) is 8.70. The molecule has 1 amide bonds. The first-order valence-electron chi connectivity index (χ1n) is 14.0. The van der Waals surface area contributed by atoms with Crippen LogP contribution in [0.2, 0.25) is 0 Å². The summed E-state index contributed by atoms with van der Waals surface area (Å²) in [6.45, 7) is 2.86. The SMILES string of the molecule is COc1cc(OC)cc(C2=NN(C3CCN(Cc4cccc5ccccc45)CC3)C(=O)C3CCCCC23)c1. The zero-order valence-electron chi connectivity index (χ0n) is 22.4.